The topological polar surface area (TPSA) is 27.8 Å². The lowest BCUT2D eigenvalue weighted by molar-refractivity contribution is 0.263. The number of benzene rings is 1. The Bertz CT molecular complexity index is 688. The fraction of sp³-hybridized carbons (Fsp3) is 0.467. The minimum atomic E-state index is -1.40. The van der Waals surface area contributed by atoms with Crippen molar-refractivity contribution in [2.45, 2.75) is 32.7 Å². The molecule has 1 atom stereocenters. The predicted octanol–water partition coefficient (Wildman–Crippen LogP) is 3.82. The summed E-state index contributed by atoms with van der Waals surface area (Å²) in [6.45, 7) is 4.26. The van der Waals surface area contributed by atoms with Gasteiger partial charge in [0.25, 0.3) is 0 Å². The Balaban J connectivity index is 2.33. The normalized spacial score (nSPS) is 21.2. The third kappa shape index (κ3) is 1.84. The van der Waals surface area contributed by atoms with E-state index in [1.54, 1.807) is 7.05 Å². The highest BCUT2D eigenvalue weighted by Crippen LogP contribution is 2.44. The summed E-state index contributed by atoms with van der Waals surface area (Å²) in [6.07, 6.45) is 1.56. The van der Waals surface area contributed by atoms with Gasteiger partial charge in [0.2, 0.25) is 0 Å². The van der Waals surface area contributed by atoms with Crippen molar-refractivity contribution >= 4 is 10.9 Å². The Kier molecular flexibility index (Phi) is 2.87. The molecule has 0 radical (unpaired) electrons. The smallest absolute Gasteiger partial charge is 0.195 e. The van der Waals surface area contributed by atoms with Crippen LogP contribution in [0.4, 0.5) is 13.2 Å². The minimum absolute atomic E-state index is 0.0507. The van der Waals surface area contributed by atoms with Crippen molar-refractivity contribution in [3.05, 3.63) is 34.8 Å². The second-order valence-corrected chi connectivity index (χ2v) is 6.31. The van der Waals surface area contributed by atoms with Crippen LogP contribution in [-0.2, 0) is 6.42 Å². The number of fused-ring (bicyclic) bond motifs is 3. The molecule has 2 aromatic rings. The zero-order chi connectivity index (χ0) is 14.7. The van der Waals surface area contributed by atoms with E-state index in [0.717, 1.165) is 30.2 Å². The fourth-order valence-corrected chi connectivity index (χ4v) is 3.31. The number of halogens is 3. The third-order valence-corrected chi connectivity index (χ3v) is 4.15. The first-order valence-electron chi connectivity index (χ1n) is 6.69. The van der Waals surface area contributed by atoms with Crippen molar-refractivity contribution in [3.63, 3.8) is 0 Å². The Labute approximate surface area is 115 Å². The molecule has 108 valence electrons. The fourth-order valence-electron chi connectivity index (χ4n) is 3.31. The van der Waals surface area contributed by atoms with Crippen LogP contribution in [0.15, 0.2) is 6.07 Å². The standard InChI is InChI=1S/C15H17F3N2/c1-15(2)5-9(19-3)11-10(6-15)20-8-4-7(16)13(17)14(18)12(8)11/h4,9,19-20H,5-6H2,1-3H3. The van der Waals surface area contributed by atoms with E-state index in [9.17, 15) is 13.2 Å². The maximum Gasteiger partial charge on any atom is 0.195 e. The van der Waals surface area contributed by atoms with Gasteiger partial charge in [0, 0.05) is 28.8 Å². The van der Waals surface area contributed by atoms with E-state index in [0.29, 0.717) is 5.52 Å². The summed E-state index contributed by atoms with van der Waals surface area (Å²) in [6, 6.07) is 0.966. The molecule has 1 unspecified atom stereocenters. The summed E-state index contributed by atoms with van der Waals surface area (Å²) in [5.41, 5.74) is 1.97. The molecule has 2 N–H and O–H groups in total. The average molecular weight is 282 g/mol. The molecule has 0 saturated heterocycles. The lowest BCUT2D eigenvalue weighted by Crippen LogP contribution is -2.31. The Morgan fingerprint density at radius 1 is 1.25 bits per heavy atom. The van der Waals surface area contributed by atoms with Gasteiger partial charge in [0.1, 0.15) is 0 Å². The van der Waals surface area contributed by atoms with Crippen LogP contribution in [-0.4, -0.2) is 12.0 Å². The van der Waals surface area contributed by atoms with Crippen LogP contribution in [0, 0.1) is 22.9 Å². The average Bonchev–Trinajstić information content (AvgIpc) is 2.71. The molecule has 1 aromatic carbocycles. The summed E-state index contributed by atoms with van der Waals surface area (Å²) in [5, 5.41) is 3.33. The second-order valence-electron chi connectivity index (χ2n) is 6.31. The molecular weight excluding hydrogens is 265 g/mol. The number of rotatable bonds is 1. The summed E-state index contributed by atoms with van der Waals surface area (Å²) >= 11 is 0. The molecule has 1 aromatic heterocycles. The largest absolute Gasteiger partial charge is 0.358 e. The number of aromatic amines is 1. The van der Waals surface area contributed by atoms with Gasteiger partial charge in [-0.15, -0.1) is 0 Å². The molecule has 3 rings (SSSR count). The molecule has 1 aliphatic rings. The van der Waals surface area contributed by atoms with E-state index in [1.165, 1.54) is 0 Å². The maximum absolute atomic E-state index is 14.1. The van der Waals surface area contributed by atoms with Gasteiger partial charge in [-0.3, -0.25) is 0 Å². The molecule has 0 spiro atoms. The SMILES string of the molecule is CNC1CC(C)(C)Cc2[nH]c3cc(F)c(F)c(F)c3c21. The molecule has 0 amide bonds. The first kappa shape index (κ1) is 13.5. The van der Waals surface area contributed by atoms with E-state index in [1.807, 2.05) is 0 Å². The van der Waals surface area contributed by atoms with Crippen LogP contribution in [0.1, 0.15) is 37.6 Å². The van der Waals surface area contributed by atoms with E-state index >= 15 is 0 Å². The van der Waals surface area contributed by atoms with Crippen molar-refractivity contribution in [1.82, 2.24) is 10.3 Å². The summed E-state index contributed by atoms with van der Waals surface area (Å²) in [4.78, 5) is 3.06. The van der Waals surface area contributed by atoms with Gasteiger partial charge in [-0.05, 0) is 25.3 Å². The molecule has 0 saturated carbocycles. The maximum atomic E-state index is 14.1. The van der Waals surface area contributed by atoms with Gasteiger partial charge in [0.15, 0.2) is 17.5 Å². The Morgan fingerprint density at radius 2 is 1.95 bits per heavy atom. The van der Waals surface area contributed by atoms with Crippen LogP contribution in [0.2, 0.25) is 0 Å². The first-order valence-corrected chi connectivity index (χ1v) is 6.69. The van der Waals surface area contributed by atoms with Gasteiger partial charge < -0.3 is 10.3 Å². The number of hydrogen-bond acceptors (Lipinski definition) is 1. The second kappa shape index (κ2) is 4.25. The zero-order valence-corrected chi connectivity index (χ0v) is 11.7. The van der Waals surface area contributed by atoms with Crippen LogP contribution in [0.5, 0.6) is 0 Å². The van der Waals surface area contributed by atoms with E-state index in [-0.39, 0.29) is 16.8 Å². The van der Waals surface area contributed by atoms with Gasteiger partial charge >= 0.3 is 0 Å². The number of hydrogen-bond donors (Lipinski definition) is 2. The van der Waals surface area contributed by atoms with Crippen molar-refractivity contribution in [3.8, 4) is 0 Å². The molecule has 0 aliphatic heterocycles. The number of nitrogens with one attached hydrogen (secondary N) is 2. The molecule has 5 heteroatoms. The lowest BCUT2D eigenvalue weighted by Gasteiger charge is -2.35. The van der Waals surface area contributed by atoms with Crippen LogP contribution in [0.25, 0.3) is 10.9 Å². The molecule has 1 aliphatic carbocycles. The third-order valence-electron chi connectivity index (χ3n) is 4.15. The number of aromatic nitrogens is 1. The van der Waals surface area contributed by atoms with Gasteiger partial charge in [-0.1, -0.05) is 13.8 Å². The molecular formula is C15H17F3N2. The molecule has 0 bridgehead atoms. The Morgan fingerprint density at radius 3 is 2.60 bits per heavy atom. The lowest BCUT2D eigenvalue weighted by atomic mass is 9.74. The molecule has 2 nitrogen and oxygen atoms in total. The van der Waals surface area contributed by atoms with Crippen molar-refractivity contribution in [1.29, 1.82) is 0 Å². The van der Waals surface area contributed by atoms with Crippen LogP contribution >= 0.6 is 0 Å². The van der Waals surface area contributed by atoms with Crippen molar-refractivity contribution in [2.75, 3.05) is 7.05 Å². The minimum Gasteiger partial charge on any atom is -0.358 e. The summed E-state index contributed by atoms with van der Waals surface area (Å²) in [5.74, 6) is -3.66. The van der Waals surface area contributed by atoms with Crippen molar-refractivity contribution < 1.29 is 13.2 Å². The van der Waals surface area contributed by atoms with E-state index in [2.05, 4.69) is 24.1 Å². The zero-order valence-electron chi connectivity index (χ0n) is 11.7. The van der Waals surface area contributed by atoms with Gasteiger partial charge in [-0.2, -0.15) is 0 Å². The Hall–Kier alpha value is -1.49. The first-order chi connectivity index (χ1) is 9.34. The molecule has 0 fully saturated rings. The summed E-state index contributed by atoms with van der Waals surface area (Å²) < 4.78 is 41.0. The van der Waals surface area contributed by atoms with Gasteiger partial charge in [-0.25, -0.2) is 13.2 Å². The molecule has 1 heterocycles. The van der Waals surface area contributed by atoms with E-state index in [4.69, 9.17) is 0 Å². The highest BCUT2D eigenvalue weighted by atomic mass is 19.2. The monoisotopic (exact) mass is 282 g/mol. The highest BCUT2D eigenvalue weighted by Gasteiger charge is 2.35. The van der Waals surface area contributed by atoms with Gasteiger partial charge in [0.05, 0.1) is 5.52 Å². The van der Waals surface area contributed by atoms with Crippen LogP contribution < -0.4 is 5.32 Å². The van der Waals surface area contributed by atoms with Crippen LogP contribution in [0.3, 0.4) is 0 Å². The molecule has 20 heavy (non-hydrogen) atoms. The summed E-state index contributed by atoms with van der Waals surface area (Å²) in [7, 11) is 1.80. The van der Waals surface area contributed by atoms with Crippen molar-refractivity contribution in [2.24, 2.45) is 5.41 Å². The number of H-pyrrole nitrogens is 1. The van der Waals surface area contributed by atoms with E-state index < -0.39 is 17.5 Å². The quantitative estimate of drug-likeness (QED) is 0.765. The highest BCUT2D eigenvalue weighted by molar-refractivity contribution is 5.86. The predicted molar refractivity (Wildman–Crippen MR) is 72.1 cm³/mol.